The Balaban J connectivity index is 3.07. The first-order chi connectivity index (χ1) is 7.43. The van der Waals surface area contributed by atoms with E-state index in [-0.39, 0.29) is 0 Å². The zero-order valence-corrected chi connectivity index (χ0v) is 11.6. The quantitative estimate of drug-likeness (QED) is 0.588. The summed E-state index contributed by atoms with van der Waals surface area (Å²) in [7, 11) is 0. The van der Waals surface area contributed by atoms with Crippen LogP contribution in [0.4, 0.5) is 0 Å². The largest absolute Gasteiger partial charge is 0.251 e. The lowest BCUT2D eigenvalue weighted by atomic mass is 10.1. The number of rotatable bonds is 0. The van der Waals surface area contributed by atoms with E-state index < -0.39 is 0 Å². The molecule has 84 valence electrons. The summed E-state index contributed by atoms with van der Waals surface area (Å²) in [4.78, 5) is 4.38. The van der Waals surface area contributed by atoms with Gasteiger partial charge in [0.05, 0.1) is 25.6 Å². The highest BCUT2D eigenvalue weighted by atomic mass is 35.5. The number of benzene rings is 1. The summed E-state index contributed by atoms with van der Waals surface area (Å²) >= 11 is 24.4. The van der Waals surface area contributed by atoms with E-state index in [1.54, 1.807) is 6.07 Å². The SMILES string of the molecule is Cc1nc2c(Cl)cc(Cl)c(Cl)c2c(Cl)c1C. The molecule has 2 rings (SSSR count). The molecule has 0 unspecified atom stereocenters. The van der Waals surface area contributed by atoms with Crippen LogP contribution in [-0.4, -0.2) is 4.98 Å². The second kappa shape index (κ2) is 4.23. The minimum Gasteiger partial charge on any atom is -0.251 e. The van der Waals surface area contributed by atoms with Gasteiger partial charge in [-0.1, -0.05) is 46.4 Å². The fourth-order valence-corrected chi connectivity index (χ4v) is 2.61. The summed E-state index contributed by atoms with van der Waals surface area (Å²) in [6.45, 7) is 3.76. The Morgan fingerprint density at radius 3 is 2.19 bits per heavy atom. The summed E-state index contributed by atoms with van der Waals surface area (Å²) in [5.74, 6) is 0. The minimum atomic E-state index is 0.381. The highest BCUT2D eigenvalue weighted by molar-refractivity contribution is 6.50. The Labute approximate surface area is 113 Å². The monoisotopic (exact) mass is 293 g/mol. The fourth-order valence-electron chi connectivity index (χ4n) is 1.49. The lowest BCUT2D eigenvalue weighted by Crippen LogP contribution is -1.92. The first-order valence-corrected chi connectivity index (χ1v) is 6.04. The Bertz CT molecular complexity index is 593. The maximum Gasteiger partial charge on any atom is 0.0922 e. The van der Waals surface area contributed by atoms with Crippen molar-refractivity contribution >= 4 is 57.3 Å². The number of fused-ring (bicyclic) bond motifs is 1. The minimum absolute atomic E-state index is 0.381. The average Bonchev–Trinajstić information content (AvgIpc) is 2.22. The number of aromatic nitrogens is 1. The molecule has 16 heavy (non-hydrogen) atoms. The van der Waals surface area contributed by atoms with Crippen LogP contribution in [-0.2, 0) is 0 Å². The number of halogens is 4. The summed E-state index contributed by atoms with van der Waals surface area (Å²) in [5, 5.41) is 2.39. The van der Waals surface area contributed by atoms with Crippen LogP contribution in [0, 0.1) is 13.8 Å². The van der Waals surface area contributed by atoms with Crippen molar-refractivity contribution < 1.29 is 0 Å². The summed E-state index contributed by atoms with van der Waals surface area (Å²) in [6.07, 6.45) is 0. The van der Waals surface area contributed by atoms with Gasteiger partial charge in [0.1, 0.15) is 0 Å². The highest BCUT2D eigenvalue weighted by Gasteiger charge is 2.15. The van der Waals surface area contributed by atoms with Crippen molar-refractivity contribution in [2.75, 3.05) is 0 Å². The van der Waals surface area contributed by atoms with E-state index in [0.29, 0.717) is 31.0 Å². The van der Waals surface area contributed by atoms with Gasteiger partial charge in [0, 0.05) is 11.1 Å². The van der Waals surface area contributed by atoms with Gasteiger partial charge in [-0.15, -0.1) is 0 Å². The molecule has 1 aromatic heterocycles. The normalized spacial score (nSPS) is 11.1. The molecule has 0 aliphatic rings. The molecule has 1 nitrogen and oxygen atoms in total. The number of hydrogen-bond donors (Lipinski definition) is 0. The van der Waals surface area contributed by atoms with Gasteiger partial charge in [-0.25, -0.2) is 0 Å². The van der Waals surface area contributed by atoms with Crippen molar-refractivity contribution in [1.82, 2.24) is 4.98 Å². The molecule has 0 aliphatic carbocycles. The van der Waals surface area contributed by atoms with Crippen LogP contribution in [0.25, 0.3) is 10.9 Å². The van der Waals surface area contributed by atoms with Gasteiger partial charge in [0.2, 0.25) is 0 Å². The highest BCUT2D eigenvalue weighted by Crippen LogP contribution is 2.40. The molecule has 1 heterocycles. The molecule has 0 amide bonds. The van der Waals surface area contributed by atoms with Crippen molar-refractivity contribution in [1.29, 1.82) is 0 Å². The Morgan fingerprint density at radius 1 is 0.938 bits per heavy atom. The maximum atomic E-state index is 6.24. The van der Waals surface area contributed by atoms with Crippen molar-refractivity contribution in [3.63, 3.8) is 0 Å². The first kappa shape index (κ1) is 12.3. The van der Waals surface area contributed by atoms with Gasteiger partial charge in [0.25, 0.3) is 0 Å². The van der Waals surface area contributed by atoms with Crippen LogP contribution in [0.5, 0.6) is 0 Å². The van der Waals surface area contributed by atoms with E-state index in [1.165, 1.54) is 0 Å². The van der Waals surface area contributed by atoms with E-state index >= 15 is 0 Å². The third-order valence-electron chi connectivity index (χ3n) is 2.52. The Kier molecular flexibility index (Phi) is 3.24. The predicted octanol–water partition coefficient (Wildman–Crippen LogP) is 5.47. The number of hydrogen-bond acceptors (Lipinski definition) is 1. The van der Waals surface area contributed by atoms with Gasteiger partial charge >= 0.3 is 0 Å². The van der Waals surface area contributed by atoms with E-state index in [0.717, 1.165) is 11.3 Å². The molecule has 0 fully saturated rings. The van der Waals surface area contributed by atoms with Crippen LogP contribution >= 0.6 is 46.4 Å². The number of nitrogens with zero attached hydrogens (tertiary/aromatic N) is 1. The second-order valence-electron chi connectivity index (χ2n) is 3.51. The number of aryl methyl sites for hydroxylation is 1. The van der Waals surface area contributed by atoms with E-state index in [4.69, 9.17) is 46.4 Å². The van der Waals surface area contributed by atoms with Crippen molar-refractivity contribution in [2.45, 2.75) is 13.8 Å². The molecule has 2 aromatic rings. The molecule has 1 aromatic carbocycles. The summed E-state index contributed by atoms with van der Waals surface area (Å²) in [6, 6.07) is 1.58. The zero-order valence-electron chi connectivity index (χ0n) is 8.54. The maximum absolute atomic E-state index is 6.24. The Morgan fingerprint density at radius 2 is 1.56 bits per heavy atom. The lowest BCUT2D eigenvalue weighted by molar-refractivity contribution is 1.20. The van der Waals surface area contributed by atoms with Crippen molar-refractivity contribution in [2.24, 2.45) is 0 Å². The zero-order chi connectivity index (χ0) is 12.0. The van der Waals surface area contributed by atoms with Crippen LogP contribution in [0.2, 0.25) is 20.1 Å². The van der Waals surface area contributed by atoms with Gasteiger partial charge in [-0.05, 0) is 25.5 Å². The third kappa shape index (κ3) is 1.76. The molecule has 0 saturated carbocycles. The average molecular weight is 295 g/mol. The smallest absolute Gasteiger partial charge is 0.0922 e. The molecule has 0 aliphatic heterocycles. The number of pyridine rings is 1. The molecular weight excluding hydrogens is 288 g/mol. The molecule has 0 N–H and O–H groups in total. The molecule has 0 radical (unpaired) electrons. The van der Waals surface area contributed by atoms with Gasteiger partial charge in [0.15, 0.2) is 0 Å². The van der Waals surface area contributed by atoms with Crippen LogP contribution in [0.3, 0.4) is 0 Å². The molecule has 0 atom stereocenters. The van der Waals surface area contributed by atoms with E-state index in [9.17, 15) is 0 Å². The molecule has 5 heteroatoms. The molecule has 0 saturated heterocycles. The van der Waals surface area contributed by atoms with Gasteiger partial charge in [-0.3, -0.25) is 4.98 Å². The first-order valence-electron chi connectivity index (χ1n) is 4.53. The summed E-state index contributed by atoms with van der Waals surface area (Å²) in [5.41, 5.74) is 2.30. The second-order valence-corrected chi connectivity index (χ2v) is 5.08. The van der Waals surface area contributed by atoms with Crippen LogP contribution in [0.1, 0.15) is 11.3 Å². The molecule has 0 spiro atoms. The third-order valence-corrected chi connectivity index (χ3v) is 4.06. The Hall–Kier alpha value is -0.210. The van der Waals surface area contributed by atoms with E-state index in [2.05, 4.69) is 4.98 Å². The lowest BCUT2D eigenvalue weighted by Gasteiger charge is -2.10. The van der Waals surface area contributed by atoms with Crippen LogP contribution < -0.4 is 0 Å². The molecular formula is C11H7Cl4N. The fraction of sp³-hybridized carbons (Fsp3) is 0.182. The van der Waals surface area contributed by atoms with E-state index in [1.807, 2.05) is 13.8 Å². The summed E-state index contributed by atoms with van der Waals surface area (Å²) < 4.78 is 0. The predicted molar refractivity (Wildman–Crippen MR) is 71.3 cm³/mol. The topological polar surface area (TPSA) is 12.9 Å². The van der Waals surface area contributed by atoms with Crippen molar-refractivity contribution in [3.8, 4) is 0 Å². The van der Waals surface area contributed by atoms with Crippen molar-refractivity contribution in [3.05, 3.63) is 37.4 Å². The van der Waals surface area contributed by atoms with Crippen LogP contribution in [0.15, 0.2) is 6.07 Å². The van der Waals surface area contributed by atoms with Gasteiger partial charge in [-0.2, -0.15) is 0 Å². The molecule has 0 bridgehead atoms. The van der Waals surface area contributed by atoms with Gasteiger partial charge < -0.3 is 0 Å². The standard InChI is InChI=1S/C11H7Cl4N/c1-4-5(2)16-11-7(13)3-6(12)10(15)8(11)9(4)14/h3H,1-2H3.